The average molecular weight is 189 g/mol. The maximum atomic E-state index is 4.38. The maximum absolute atomic E-state index is 4.38. The summed E-state index contributed by atoms with van der Waals surface area (Å²) in [5, 5.41) is 0. The van der Waals surface area contributed by atoms with Crippen LogP contribution in [-0.4, -0.2) is 12.8 Å². The van der Waals surface area contributed by atoms with Gasteiger partial charge in [-0.15, -0.1) is 0 Å². The van der Waals surface area contributed by atoms with Crippen LogP contribution >= 0.6 is 0 Å². The zero-order valence-electron chi connectivity index (χ0n) is 9.49. The molecule has 0 radical (unpaired) electrons. The van der Waals surface area contributed by atoms with E-state index in [4.69, 9.17) is 0 Å². The predicted octanol–water partition coefficient (Wildman–Crippen LogP) is 3.40. The lowest BCUT2D eigenvalue weighted by atomic mass is 9.83. The second-order valence-corrected chi connectivity index (χ2v) is 3.75. The van der Waals surface area contributed by atoms with Crippen LogP contribution in [-0.2, 0) is 0 Å². The lowest BCUT2D eigenvalue weighted by Gasteiger charge is -2.23. The van der Waals surface area contributed by atoms with E-state index < -0.39 is 0 Å². The van der Waals surface area contributed by atoms with Crippen molar-refractivity contribution in [2.24, 2.45) is 16.8 Å². The topological polar surface area (TPSA) is 12.4 Å². The Morgan fingerprint density at radius 3 is 2.79 bits per heavy atom. The molecule has 14 heavy (non-hydrogen) atoms. The van der Waals surface area contributed by atoms with Crippen LogP contribution in [0.4, 0.5) is 0 Å². The van der Waals surface area contributed by atoms with Crippen molar-refractivity contribution in [1.29, 1.82) is 0 Å². The Morgan fingerprint density at radius 1 is 1.50 bits per heavy atom. The maximum Gasteiger partial charge on any atom is 0.0448 e. The van der Waals surface area contributed by atoms with Crippen molar-refractivity contribution < 1.29 is 0 Å². The first-order chi connectivity index (χ1) is 6.70. The smallest absolute Gasteiger partial charge is 0.0448 e. The molecule has 0 amide bonds. The molecule has 1 heteroatoms. The third-order valence-corrected chi connectivity index (χ3v) is 2.69. The highest BCUT2D eigenvalue weighted by Crippen LogP contribution is 2.24. The minimum absolute atomic E-state index is 0.446. The number of hydrogen-bond acceptors (Lipinski definition) is 1. The zero-order valence-corrected chi connectivity index (χ0v) is 9.49. The van der Waals surface area contributed by atoms with E-state index >= 15 is 0 Å². The number of nitrogens with zero attached hydrogens (tertiary/aromatic N) is 1. The Morgan fingerprint density at radius 2 is 2.21 bits per heavy atom. The van der Waals surface area contributed by atoms with Gasteiger partial charge in [-0.2, -0.15) is 0 Å². The first-order valence-electron chi connectivity index (χ1n) is 5.15. The van der Waals surface area contributed by atoms with Gasteiger partial charge in [-0.25, -0.2) is 0 Å². The van der Waals surface area contributed by atoms with Crippen LogP contribution in [0.2, 0.25) is 0 Å². The second-order valence-electron chi connectivity index (χ2n) is 3.75. The van der Waals surface area contributed by atoms with Gasteiger partial charge in [0.1, 0.15) is 0 Å². The van der Waals surface area contributed by atoms with Gasteiger partial charge in [-0.05, 0) is 25.3 Å². The molecule has 0 spiro atoms. The van der Waals surface area contributed by atoms with Gasteiger partial charge in [0, 0.05) is 18.7 Å². The summed E-state index contributed by atoms with van der Waals surface area (Å²) >= 11 is 0. The van der Waals surface area contributed by atoms with E-state index in [2.05, 4.69) is 56.1 Å². The van der Waals surface area contributed by atoms with Gasteiger partial charge in [0.25, 0.3) is 0 Å². The molecule has 1 nitrogen and oxygen atoms in total. The molecule has 0 fully saturated rings. The zero-order chi connectivity index (χ0) is 10.6. The van der Waals surface area contributed by atoms with Gasteiger partial charge >= 0.3 is 0 Å². The monoisotopic (exact) mass is 189 g/mol. The van der Waals surface area contributed by atoms with E-state index in [9.17, 15) is 0 Å². The summed E-state index contributed by atoms with van der Waals surface area (Å²) in [6.45, 7) is 6.43. The molecule has 2 atom stereocenters. The third kappa shape index (κ3) is 2.22. The minimum Gasteiger partial charge on any atom is -0.292 e. The lowest BCUT2D eigenvalue weighted by Crippen LogP contribution is -2.21. The Labute approximate surface area is 86.9 Å². The fourth-order valence-corrected chi connectivity index (χ4v) is 1.93. The summed E-state index contributed by atoms with van der Waals surface area (Å²) in [6.07, 6.45) is 10.8. The van der Waals surface area contributed by atoms with Crippen molar-refractivity contribution >= 4 is 5.71 Å². The second kappa shape index (κ2) is 4.94. The summed E-state index contributed by atoms with van der Waals surface area (Å²) < 4.78 is 0. The third-order valence-electron chi connectivity index (χ3n) is 2.69. The Kier molecular flexibility index (Phi) is 3.87. The quantitative estimate of drug-likeness (QED) is 0.590. The molecule has 1 aliphatic carbocycles. The molecular formula is C13H19N. The van der Waals surface area contributed by atoms with Crippen LogP contribution < -0.4 is 0 Å². The Hall–Kier alpha value is -1.11. The van der Waals surface area contributed by atoms with Gasteiger partial charge in [-0.3, -0.25) is 4.99 Å². The molecule has 76 valence electrons. The largest absolute Gasteiger partial charge is 0.292 e. The number of hydrogen-bond donors (Lipinski definition) is 0. The Bertz CT molecular complexity index is 305. The van der Waals surface area contributed by atoms with Gasteiger partial charge < -0.3 is 0 Å². The van der Waals surface area contributed by atoms with E-state index in [1.807, 2.05) is 7.05 Å². The molecule has 2 unspecified atom stereocenters. The van der Waals surface area contributed by atoms with Gasteiger partial charge in [0.2, 0.25) is 0 Å². The predicted molar refractivity (Wildman–Crippen MR) is 63.7 cm³/mol. The van der Waals surface area contributed by atoms with Crippen molar-refractivity contribution in [3.05, 3.63) is 36.0 Å². The van der Waals surface area contributed by atoms with Crippen molar-refractivity contribution in [3.8, 4) is 0 Å². The first-order valence-corrected chi connectivity index (χ1v) is 5.15. The van der Waals surface area contributed by atoms with E-state index in [1.54, 1.807) is 0 Å². The highest BCUT2D eigenvalue weighted by atomic mass is 14.7. The molecular weight excluding hydrogens is 170 g/mol. The van der Waals surface area contributed by atoms with Crippen LogP contribution in [0.3, 0.4) is 0 Å². The minimum atomic E-state index is 0.446. The summed E-state index contributed by atoms with van der Waals surface area (Å²) in [5.41, 5.74) is 2.51. The fourth-order valence-electron chi connectivity index (χ4n) is 1.93. The van der Waals surface area contributed by atoms with Crippen molar-refractivity contribution in [2.75, 3.05) is 7.05 Å². The molecule has 0 N–H and O–H groups in total. The molecule has 0 saturated carbocycles. The highest BCUT2D eigenvalue weighted by Gasteiger charge is 2.20. The van der Waals surface area contributed by atoms with Crippen LogP contribution in [0.5, 0.6) is 0 Å². The molecule has 0 bridgehead atoms. The van der Waals surface area contributed by atoms with Gasteiger partial charge in [0.15, 0.2) is 0 Å². The van der Waals surface area contributed by atoms with Crippen molar-refractivity contribution in [1.82, 2.24) is 0 Å². The molecule has 0 saturated heterocycles. The van der Waals surface area contributed by atoms with Crippen molar-refractivity contribution in [2.45, 2.75) is 20.8 Å². The van der Waals surface area contributed by atoms with Gasteiger partial charge in [0.05, 0.1) is 0 Å². The normalized spacial score (nSPS) is 27.0. The molecule has 1 rings (SSSR count). The molecule has 0 aromatic rings. The standard InChI is InChI=1S/C13H19N/c1-5-7-10(2)12-9-6-8-11(3)13(12)14-4/h5-10,12H,1-4H3/b7-5-,14-13?. The molecule has 0 aromatic heterocycles. The number of rotatable bonds is 2. The summed E-state index contributed by atoms with van der Waals surface area (Å²) in [4.78, 5) is 4.38. The van der Waals surface area contributed by atoms with Gasteiger partial charge in [-0.1, -0.05) is 37.3 Å². The van der Waals surface area contributed by atoms with Crippen LogP contribution in [0.1, 0.15) is 20.8 Å². The number of aliphatic imine (C=N–C) groups is 1. The van der Waals surface area contributed by atoms with Crippen LogP contribution in [0, 0.1) is 11.8 Å². The van der Waals surface area contributed by atoms with Crippen LogP contribution in [0.25, 0.3) is 0 Å². The lowest BCUT2D eigenvalue weighted by molar-refractivity contribution is 0.638. The Balaban J connectivity index is 2.90. The SMILES string of the molecule is C/C=C\C(C)C1C=CC=C(C)C1=NC. The summed E-state index contributed by atoms with van der Waals surface area (Å²) in [7, 11) is 1.88. The van der Waals surface area contributed by atoms with E-state index in [0.29, 0.717) is 11.8 Å². The molecule has 1 aliphatic rings. The molecule has 0 heterocycles. The van der Waals surface area contributed by atoms with E-state index in [1.165, 1.54) is 11.3 Å². The summed E-state index contributed by atoms with van der Waals surface area (Å²) in [5.74, 6) is 0.972. The molecule has 0 aliphatic heterocycles. The van der Waals surface area contributed by atoms with Crippen LogP contribution in [0.15, 0.2) is 40.9 Å². The fraction of sp³-hybridized carbons (Fsp3) is 0.462. The summed E-state index contributed by atoms with van der Waals surface area (Å²) in [6, 6.07) is 0. The van der Waals surface area contributed by atoms with Crippen molar-refractivity contribution in [3.63, 3.8) is 0 Å². The molecule has 0 aromatic carbocycles. The highest BCUT2D eigenvalue weighted by molar-refractivity contribution is 6.03. The number of allylic oxidation sites excluding steroid dienone is 6. The van der Waals surface area contributed by atoms with E-state index in [0.717, 1.165) is 0 Å². The first kappa shape index (κ1) is 11.0. The average Bonchev–Trinajstić information content (AvgIpc) is 2.17. The van der Waals surface area contributed by atoms with E-state index in [-0.39, 0.29) is 0 Å².